The molecule has 0 fully saturated rings. The van der Waals surface area contributed by atoms with E-state index >= 15 is 0 Å². The van der Waals surface area contributed by atoms with Crippen molar-refractivity contribution in [3.05, 3.63) is 27.9 Å². The number of nitrogens with zero attached hydrogens (tertiary/aromatic N) is 5. The number of carbonyl (C=O) groups is 1. The molecule has 0 radical (unpaired) electrons. The summed E-state index contributed by atoms with van der Waals surface area (Å²) in [7, 11) is 3.14. The van der Waals surface area contributed by atoms with E-state index < -0.39 is 6.04 Å². The van der Waals surface area contributed by atoms with Gasteiger partial charge >= 0.3 is 5.97 Å². The Labute approximate surface area is 111 Å². The number of ether oxygens (including phenoxy) is 1. The molecule has 0 saturated carbocycles. The average molecular weight is 266 g/mol. The number of aromatic nitrogens is 2. The summed E-state index contributed by atoms with van der Waals surface area (Å²) in [4.78, 5) is 14.5. The molecule has 0 aliphatic heterocycles. The summed E-state index contributed by atoms with van der Waals surface area (Å²) in [6.45, 7) is 2.63. The summed E-state index contributed by atoms with van der Waals surface area (Å²) in [5.41, 5.74) is 9.85. The van der Waals surface area contributed by atoms with Gasteiger partial charge in [-0.3, -0.25) is 4.68 Å². The maximum Gasteiger partial charge on any atom is 0.327 e. The van der Waals surface area contributed by atoms with E-state index in [1.807, 2.05) is 6.92 Å². The summed E-state index contributed by atoms with van der Waals surface area (Å²) in [5, 5.41) is 10.7. The van der Waals surface area contributed by atoms with Crippen molar-refractivity contribution in [2.45, 2.75) is 19.4 Å². The second-order valence-corrected chi connectivity index (χ2v) is 3.92. The molecule has 1 rings (SSSR count). The summed E-state index contributed by atoms with van der Waals surface area (Å²) in [6.07, 6.45) is 2.52. The average Bonchev–Trinajstić information content (AvgIpc) is 2.79. The van der Waals surface area contributed by atoms with Crippen LogP contribution in [0.15, 0.2) is 11.3 Å². The highest BCUT2D eigenvalue weighted by atomic mass is 16.5. The van der Waals surface area contributed by atoms with Crippen molar-refractivity contribution in [2.24, 2.45) is 12.2 Å². The van der Waals surface area contributed by atoms with Crippen LogP contribution in [0.25, 0.3) is 10.4 Å². The number of hydrogen-bond donors (Lipinski definition) is 1. The van der Waals surface area contributed by atoms with Crippen LogP contribution in [-0.4, -0.2) is 35.9 Å². The van der Waals surface area contributed by atoms with Crippen LogP contribution in [-0.2, 0) is 23.0 Å². The molecule has 8 nitrogen and oxygen atoms in total. The van der Waals surface area contributed by atoms with Gasteiger partial charge in [-0.2, -0.15) is 5.10 Å². The minimum atomic E-state index is -0.595. The van der Waals surface area contributed by atoms with Gasteiger partial charge in [0.2, 0.25) is 0 Å². The van der Waals surface area contributed by atoms with Crippen LogP contribution in [0.1, 0.15) is 24.2 Å². The summed E-state index contributed by atoms with van der Waals surface area (Å²) in [5.74, 6) is -0.386. The molecule has 0 spiro atoms. The maximum absolute atomic E-state index is 11.8. The highest BCUT2D eigenvalue weighted by Gasteiger charge is 2.25. The number of nitrogens with one attached hydrogen (secondary N) is 1. The molecule has 1 aromatic heterocycles. The Morgan fingerprint density at radius 3 is 3.05 bits per heavy atom. The van der Waals surface area contributed by atoms with E-state index in [-0.39, 0.29) is 12.5 Å². The topological polar surface area (TPSA) is 105 Å². The molecule has 104 valence electrons. The maximum atomic E-state index is 11.8. The van der Waals surface area contributed by atoms with Gasteiger partial charge in [0.25, 0.3) is 0 Å². The third-order valence-electron chi connectivity index (χ3n) is 2.64. The minimum Gasteiger partial charge on any atom is -0.468 e. The van der Waals surface area contributed by atoms with Gasteiger partial charge < -0.3 is 10.1 Å². The van der Waals surface area contributed by atoms with Crippen LogP contribution < -0.4 is 5.32 Å². The normalized spacial score (nSPS) is 11.7. The number of aryl methyl sites for hydroxylation is 2. The van der Waals surface area contributed by atoms with Gasteiger partial charge in [-0.15, -0.1) is 0 Å². The molecule has 1 aromatic rings. The first-order valence-corrected chi connectivity index (χ1v) is 5.98. The molecule has 0 aromatic carbocycles. The standard InChI is InChI=1S/C11H18N6O2/c1-4-9-8(7-17(2)15-9)10(11(18)19-3)13-5-6-14-16-12/h7,10,13H,4-6H2,1-3H3. The molecule has 0 aliphatic rings. The highest BCUT2D eigenvalue weighted by Crippen LogP contribution is 2.18. The van der Waals surface area contributed by atoms with Gasteiger partial charge in [-0.1, -0.05) is 12.0 Å². The third kappa shape index (κ3) is 3.97. The van der Waals surface area contributed by atoms with Gasteiger partial charge in [-0.25, -0.2) is 4.79 Å². The minimum absolute atomic E-state index is 0.270. The van der Waals surface area contributed by atoms with Gasteiger partial charge in [-0.05, 0) is 12.0 Å². The van der Waals surface area contributed by atoms with Crippen molar-refractivity contribution >= 4 is 5.97 Å². The lowest BCUT2D eigenvalue weighted by atomic mass is 10.1. The van der Waals surface area contributed by atoms with Gasteiger partial charge in [0.15, 0.2) is 0 Å². The fourth-order valence-electron chi connectivity index (χ4n) is 1.81. The number of carbonyl (C=O) groups excluding carboxylic acids is 1. The first-order chi connectivity index (χ1) is 9.13. The zero-order valence-electron chi connectivity index (χ0n) is 11.3. The Balaban J connectivity index is 2.89. The van der Waals surface area contributed by atoms with Crippen molar-refractivity contribution in [3.8, 4) is 0 Å². The smallest absolute Gasteiger partial charge is 0.327 e. The van der Waals surface area contributed by atoms with Crippen LogP contribution in [0.4, 0.5) is 0 Å². The van der Waals surface area contributed by atoms with Gasteiger partial charge in [0, 0.05) is 36.8 Å². The molecule has 19 heavy (non-hydrogen) atoms. The predicted octanol–water partition coefficient (Wildman–Crippen LogP) is 1.10. The zero-order valence-corrected chi connectivity index (χ0v) is 11.3. The fraction of sp³-hybridized carbons (Fsp3) is 0.636. The van der Waals surface area contributed by atoms with E-state index in [9.17, 15) is 4.79 Å². The van der Waals surface area contributed by atoms with E-state index in [0.29, 0.717) is 6.54 Å². The Hall–Kier alpha value is -2.05. The highest BCUT2D eigenvalue weighted by molar-refractivity contribution is 5.77. The SMILES string of the molecule is CCc1nn(C)cc1C(NCCN=[N+]=[N-])C(=O)OC. The van der Waals surface area contributed by atoms with Crippen LogP contribution in [0.5, 0.6) is 0 Å². The van der Waals surface area contributed by atoms with Crippen molar-refractivity contribution in [3.63, 3.8) is 0 Å². The first kappa shape index (κ1) is 15.0. The predicted molar refractivity (Wildman–Crippen MR) is 69.4 cm³/mol. The molecular formula is C11H18N6O2. The molecule has 1 heterocycles. The first-order valence-electron chi connectivity index (χ1n) is 5.98. The number of esters is 1. The van der Waals surface area contributed by atoms with E-state index in [1.54, 1.807) is 17.9 Å². The Morgan fingerprint density at radius 2 is 2.47 bits per heavy atom. The van der Waals surface area contributed by atoms with E-state index in [2.05, 4.69) is 20.4 Å². The number of azide groups is 1. The Kier molecular flexibility index (Phi) is 5.84. The molecule has 1 N–H and O–H groups in total. The zero-order chi connectivity index (χ0) is 14.3. The molecule has 0 bridgehead atoms. The monoisotopic (exact) mass is 266 g/mol. The van der Waals surface area contributed by atoms with E-state index in [4.69, 9.17) is 10.3 Å². The lowest BCUT2D eigenvalue weighted by Gasteiger charge is -2.15. The van der Waals surface area contributed by atoms with Crippen molar-refractivity contribution < 1.29 is 9.53 Å². The summed E-state index contributed by atoms with van der Waals surface area (Å²) >= 11 is 0. The number of hydrogen-bond acceptors (Lipinski definition) is 5. The van der Waals surface area contributed by atoms with E-state index in [1.165, 1.54) is 7.11 Å². The second kappa shape index (κ2) is 7.40. The molecule has 1 atom stereocenters. The van der Waals surface area contributed by atoms with Crippen molar-refractivity contribution in [1.82, 2.24) is 15.1 Å². The Morgan fingerprint density at radius 1 is 1.74 bits per heavy atom. The largest absolute Gasteiger partial charge is 0.468 e. The summed E-state index contributed by atoms with van der Waals surface area (Å²) in [6, 6.07) is -0.595. The van der Waals surface area contributed by atoms with Crippen LogP contribution in [0, 0.1) is 0 Å². The third-order valence-corrected chi connectivity index (χ3v) is 2.64. The molecule has 0 amide bonds. The van der Waals surface area contributed by atoms with Crippen molar-refractivity contribution in [1.29, 1.82) is 0 Å². The van der Waals surface area contributed by atoms with Crippen LogP contribution >= 0.6 is 0 Å². The molecule has 8 heteroatoms. The Bertz CT molecular complexity index is 478. The van der Waals surface area contributed by atoms with Crippen molar-refractivity contribution in [2.75, 3.05) is 20.2 Å². The number of rotatable bonds is 7. The molecule has 0 saturated heterocycles. The van der Waals surface area contributed by atoms with Gasteiger partial charge in [0.1, 0.15) is 6.04 Å². The quantitative estimate of drug-likeness (QED) is 0.262. The number of methoxy groups -OCH3 is 1. The van der Waals surface area contributed by atoms with Crippen LogP contribution in [0.2, 0.25) is 0 Å². The van der Waals surface area contributed by atoms with E-state index in [0.717, 1.165) is 17.7 Å². The lowest BCUT2D eigenvalue weighted by molar-refractivity contribution is -0.143. The van der Waals surface area contributed by atoms with Crippen LogP contribution in [0.3, 0.4) is 0 Å². The molecular weight excluding hydrogens is 248 g/mol. The lowest BCUT2D eigenvalue weighted by Crippen LogP contribution is -2.31. The molecule has 0 aliphatic carbocycles. The fourth-order valence-corrected chi connectivity index (χ4v) is 1.81. The molecule has 1 unspecified atom stereocenters. The second-order valence-electron chi connectivity index (χ2n) is 3.92. The van der Waals surface area contributed by atoms with Gasteiger partial charge in [0.05, 0.1) is 12.8 Å². The summed E-state index contributed by atoms with van der Waals surface area (Å²) < 4.78 is 6.46.